The number of amides is 4. The summed E-state index contributed by atoms with van der Waals surface area (Å²) in [6.07, 6.45) is 2.19. The van der Waals surface area contributed by atoms with E-state index in [0.717, 1.165) is 16.9 Å². The van der Waals surface area contributed by atoms with Crippen molar-refractivity contribution >= 4 is 58.2 Å². The molecule has 1 N–H and O–H groups in total. The molecule has 34 heavy (non-hydrogen) atoms. The van der Waals surface area contributed by atoms with Crippen molar-refractivity contribution in [3.8, 4) is 11.5 Å². The lowest BCUT2D eigenvalue weighted by molar-refractivity contribution is -0.143. The summed E-state index contributed by atoms with van der Waals surface area (Å²) in [6, 6.07) is 9.40. The van der Waals surface area contributed by atoms with Gasteiger partial charge in [-0.3, -0.25) is 14.9 Å². The molecule has 0 atom stereocenters. The van der Waals surface area contributed by atoms with Gasteiger partial charge in [-0.2, -0.15) is 0 Å². The average Bonchev–Trinajstić information content (AvgIpc) is 2.81. The topological polar surface area (TPSA) is 111 Å². The van der Waals surface area contributed by atoms with Gasteiger partial charge in [0.1, 0.15) is 5.57 Å². The van der Waals surface area contributed by atoms with Crippen LogP contribution in [0.25, 0.3) is 6.08 Å². The number of esters is 1. The van der Waals surface area contributed by atoms with Gasteiger partial charge in [-0.05, 0) is 77.4 Å². The van der Waals surface area contributed by atoms with E-state index >= 15 is 0 Å². The van der Waals surface area contributed by atoms with Crippen LogP contribution in [-0.2, 0) is 25.5 Å². The Morgan fingerprint density at radius 1 is 1.09 bits per heavy atom. The summed E-state index contributed by atoms with van der Waals surface area (Å²) in [5, 5.41) is 2.21. The van der Waals surface area contributed by atoms with Gasteiger partial charge < -0.3 is 14.2 Å². The largest absolute Gasteiger partial charge is 0.490 e. The molecule has 0 saturated carbocycles. The molecule has 0 unspecified atom stereocenters. The molecule has 10 heteroatoms. The van der Waals surface area contributed by atoms with E-state index < -0.39 is 23.8 Å². The molecule has 2 aromatic carbocycles. The monoisotopic (exact) mass is 578 g/mol. The highest BCUT2D eigenvalue weighted by Crippen LogP contribution is 2.35. The van der Waals surface area contributed by atoms with Crippen LogP contribution in [0.15, 0.2) is 42.0 Å². The highest BCUT2D eigenvalue weighted by Gasteiger charge is 2.36. The predicted octanol–water partition coefficient (Wildman–Crippen LogP) is 3.47. The number of rotatable bonds is 8. The van der Waals surface area contributed by atoms with Gasteiger partial charge in [0.25, 0.3) is 11.8 Å². The fourth-order valence-electron chi connectivity index (χ4n) is 3.20. The second-order valence-corrected chi connectivity index (χ2v) is 8.27. The molecule has 178 valence electrons. The van der Waals surface area contributed by atoms with Crippen LogP contribution >= 0.6 is 22.6 Å². The van der Waals surface area contributed by atoms with Crippen LogP contribution < -0.4 is 19.7 Å². The molecule has 0 bridgehead atoms. The van der Waals surface area contributed by atoms with Crippen molar-refractivity contribution in [3.63, 3.8) is 0 Å². The van der Waals surface area contributed by atoms with E-state index in [9.17, 15) is 19.2 Å². The molecule has 0 radical (unpaired) electrons. The lowest BCUT2D eigenvalue weighted by Gasteiger charge is -2.26. The van der Waals surface area contributed by atoms with Gasteiger partial charge in [0.15, 0.2) is 18.1 Å². The zero-order valence-electron chi connectivity index (χ0n) is 18.8. The zero-order valence-corrected chi connectivity index (χ0v) is 21.0. The van der Waals surface area contributed by atoms with Gasteiger partial charge >= 0.3 is 12.0 Å². The predicted molar refractivity (Wildman–Crippen MR) is 133 cm³/mol. The van der Waals surface area contributed by atoms with Gasteiger partial charge in [0.05, 0.1) is 23.0 Å². The Labute approximate surface area is 210 Å². The Balaban J connectivity index is 1.97. The minimum Gasteiger partial charge on any atom is -0.490 e. The molecule has 9 nitrogen and oxygen atoms in total. The number of urea groups is 1. The Morgan fingerprint density at radius 3 is 2.41 bits per heavy atom. The number of nitrogens with zero attached hydrogens (tertiary/aromatic N) is 1. The van der Waals surface area contributed by atoms with Gasteiger partial charge in [0, 0.05) is 0 Å². The van der Waals surface area contributed by atoms with Crippen LogP contribution in [0.5, 0.6) is 11.5 Å². The number of carbonyl (C=O) groups excluding carboxylic acids is 4. The summed E-state index contributed by atoms with van der Waals surface area (Å²) in [7, 11) is 1.26. The van der Waals surface area contributed by atoms with Gasteiger partial charge in [-0.1, -0.05) is 19.1 Å². The number of hydrogen-bond donors (Lipinski definition) is 1. The Bertz CT molecular complexity index is 1160. The van der Waals surface area contributed by atoms with E-state index in [1.807, 2.05) is 41.6 Å². The molecule has 0 aliphatic carbocycles. The van der Waals surface area contributed by atoms with E-state index in [-0.39, 0.29) is 12.2 Å². The van der Waals surface area contributed by atoms with E-state index in [0.29, 0.717) is 32.9 Å². The zero-order chi connectivity index (χ0) is 24.8. The Kier molecular flexibility index (Phi) is 8.26. The van der Waals surface area contributed by atoms with Gasteiger partial charge in [0.2, 0.25) is 0 Å². The van der Waals surface area contributed by atoms with Crippen LogP contribution in [0, 0.1) is 3.57 Å². The fraction of sp³-hybridized carbons (Fsp3) is 0.250. The van der Waals surface area contributed by atoms with Crippen LogP contribution in [-0.4, -0.2) is 44.1 Å². The van der Waals surface area contributed by atoms with E-state index in [2.05, 4.69) is 10.1 Å². The Hall–Kier alpha value is -3.41. The number of benzene rings is 2. The van der Waals surface area contributed by atoms with Crippen molar-refractivity contribution in [3.05, 3.63) is 56.7 Å². The molecule has 0 aromatic heterocycles. The first-order valence-corrected chi connectivity index (χ1v) is 11.5. The molecule has 4 amide bonds. The summed E-state index contributed by atoms with van der Waals surface area (Å²) in [6.45, 7) is 3.80. The summed E-state index contributed by atoms with van der Waals surface area (Å²) in [5.74, 6) is -1.42. The minimum atomic E-state index is -0.812. The lowest BCUT2D eigenvalue weighted by atomic mass is 10.1. The summed E-state index contributed by atoms with van der Waals surface area (Å²) in [4.78, 5) is 50.5. The normalized spacial score (nSPS) is 14.8. The molecule has 1 saturated heterocycles. The number of carbonyl (C=O) groups is 4. The maximum atomic E-state index is 13.1. The van der Waals surface area contributed by atoms with Crippen molar-refractivity contribution in [2.75, 3.05) is 25.2 Å². The van der Waals surface area contributed by atoms with Crippen LogP contribution in [0.2, 0.25) is 0 Å². The van der Waals surface area contributed by atoms with E-state index in [1.54, 1.807) is 31.2 Å². The minimum absolute atomic E-state index is 0.208. The summed E-state index contributed by atoms with van der Waals surface area (Å²) < 4.78 is 16.4. The summed E-state index contributed by atoms with van der Waals surface area (Å²) >= 11 is 2.00. The average molecular weight is 578 g/mol. The Morgan fingerprint density at radius 2 is 1.79 bits per heavy atom. The number of halogens is 1. The van der Waals surface area contributed by atoms with Crippen LogP contribution in [0.4, 0.5) is 10.5 Å². The number of ether oxygens (including phenoxy) is 3. The van der Waals surface area contributed by atoms with Crippen molar-refractivity contribution in [1.82, 2.24) is 5.32 Å². The van der Waals surface area contributed by atoms with E-state index in [1.165, 1.54) is 13.2 Å². The van der Waals surface area contributed by atoms with Crippen LogP contribution in [0.1, 0.15) is 25.0 Å². The maximum Gasteiger partial charge on any atom is 0.343 e. The molecule has 1 aliphatic rings. The van der Waals surface area contributed by atoms with Crippen molar-refractivity contribution in [1.29, 1.82) is 0 Å². The highest BCUT2D eigenvalue weighted by atomic mass is 127. The molecule has 1 heterocycles. The maximum absolute atomic E-state index is 13.1. The first-order chi connectivity index (χ1) is 16.3. The first-order valence-electron chi connectivity index (χ1n) is 10.4. The molecule has 1 aliphatic heterocycles. The van der Waals surface area contributed by atoms with Crippen LogP contribution in [0.3, 0.4) is 0 Å². The van der Waals surface area contributed by atoms with Gasteiger partial charge in [-0.15, -0.1) is 0 Å². The number of methoxy groups -OCH3 is 1. The first kappa shape index (κ1) is 25.2. The number of imide groups is 2. The van der Waals surface area contributed by atoms with Crippen molar-refractivity contribution in [2.24, 2.45) is 0 Å². The third-order valence-corrected chi connectivity index (χ3v) is 5.71. The standard InChI is InChI=1S/C24H23IN2O7/c1-4-14-6-8-16(9-7-14)27-23(30)17(22(29)26-24(27)31)10-15-11-18(25)21(19(12-15)33-5-2)34-13-20(28)32-3/h6-12H,4-5,13H2,1-3H3,(H,26,29,31)/b17-10-. The number of anilines is 1. The quantitative estimate of drug-likeness (QED) is 0.221. The molecule has 1 fully saturated rings. The number of barbiturate groups is 1. The van der Waals surface area contributed by atoms with E-state index in [4.69, 9.17) is 9.47 Å². The number of aryl methyl sites for hydroxylation is 1. The molecule has 3 rings (SSSR count). The molecular formula is C24H23IN2O7. The summed E-state index contributed by atoms with van der Waals surface area (Å²) in [5.41, 5.74) is 1.68. The van der Waals surface area contributed by atoms with Gasteiger partial charge in [-0.25, -0.2) is 14.5 Å². The second kappa shape index (κ2) is 11.1. The van der Waals surface area contributed by atoms with Crippen molar-refractivity contribution in [2.45, 2.75) is 20.3 Å². The lowest BCUT2D eigenvalue weighted by Crippen LogP contribution is -2.54. The fourth-order valence-corrected chi connectivity index (χ4v) is 3.98. The third kappa shape index (κ3) is 5.56. The molecule has 2 aromatic rings. The molecule has 0 spiro atoms. The smallest absolute Gasteiger partial charge is 0.343 e. The second-order valence-electron chi connectivity index (χ2n) is 7.11. The number of nitrogens with one attached hydrogen (secondary N) is 1. The molecular weight excluding hydrogens is 555 g/mol. The number of hydrogen-bond acceptors (Lipinski definition) is 7. The third-order valence-electron chi connectivity index (χ3n) is 4.91. The highest BCUT2D eigenvalue weighted by molar-refractivity contribution is 14.1. The SMILES string of the molecule is CCOc1cc(/C=C2/C(=O)NC(=O)N(c3ccc(CC)cc3)C2=O)cc(I)c1OCC(=O)OC. The van der Waals surface area contributed by atoms with Crippen molar-refractivity contribution < 1.29 is 33.4 Å².